The highest BCUT2D eigenvalue weighted by Crippen LogP contribution is 2.44. The van der Waals surface area contributed by atoms with E-state index < -0.39 is 0 Å². The van der Waals surface area contributed by atoms with Crippen LogP contribution < -0.4 is 4.90 Å². The molecule has 0 saturated carbocycles. The van der Waals surface area contributed by atoms with E-state index in [0.29, 0.717) is 0 Å². The van der Waals surface area contributed by atoms with Crippen molar-refractivity contribution in [3.8, 4) is 11.1 Å². The van der Waals surface area contributed by atoms with Gasteiger partial charge in [-0.05, 0) is 79.8 Å². The normalized spacial score (nSPS) is 11.6. The smallest absolute Gasteiger partial charge is 0.159 e. The Morgan fingerprint density at radius 1 is 0.341 bits per heavy atom. The zero-order valence-electron chi connectivity index (χ0n) is 23.9. The first-order chi connectivity index (χ1) is 21.8. The Balaban J connectivity index is 1.32. The predicted molar refractivity (Wildman–Crippen MR) is 186 cm³/mol. The van der Waals surface area contributed by atoms with Crippen molar-refractivity contribution < 1.29 is 4.42 Å². The van der Waals surface area contributed by atoms with Crippen LogP contribution in [0.1, 0.15) is 0 Å². The summed E-state index contributed by atoms with van der Waals surface area (Å²) < 4.78 is 6.57. The first kappa shape index (κ1) is 24.7. The van der Waals surface area contributed by atoms with Crippen molar-refractivity contribution in [2.24, 2.45) is 0 Å². The number of hydrogen-bond donors (Lipinski definition) is 0. The SMILES string of the molecule is c1ccc(-c2ccc(N(c3ccc4c5ccccc5c5ccccc5c4c3)c3cccc4c3oc3ccccc34)cc2)cc1. The fourth-order valence-corrected chi connectivity index (χ4v) is 6.80. The van der Waals surface area contributed by atoms with Crippen LogP contribution in [-0.4, -0.2) is 0 Å². The van der Waals surface area contributed by atoms with E-state index in [1.54, 1.807) is 0 Å². The number of furan rings is 1. The number of nitrogens with zero attached hydrogens (tertiary/aromatic N) is 1. The molecule has 0 unspecified atom stereocenters. The van der Waals surface area contributed by atoms with Gasteiger partial charge in [-0.25, -0.2) is 0 Å². The van der Waals surface area contributed by atoms with Gasteiger partial charge in [-0.3, -0.25) is 0 Å². The van der Waals surface area contributed by atoms with Gasteiger partial charge >= 0.3 is 0 Å². The summed E-state index contributed by atoms with van der Waals surface area (Å²) in [6.07, 6.45) is 0. The zero-order chi connectivity index (χ0) is 29.0. The maximum atomic E-state index is 6.57. The Morgan fingerprint density at radius 3 is 1.57 bits per heavy atom. The van der Waals surface area contributed by atoms with Gasteiger partial charge in [0.25, 0.3) is 0 Å². The number of anilines is 3. The number of rotatable bonds is 4. The predicted octanol–water partition coefficient (Wildman–Crippen LogP) is 12.2. The van der Waals surface area contributed by atoms with Crippen LogP contribution in [0.4, 0.5) is 17.1 Å². The van der Waals surface area contributed by atoms with Gasteiger partial charge in [0.15, 0.2) is 5.58 Å². The molecule has 9 rings (SSSR count). The first-order valence-electron chi connectivity index (χ1n) is 15.0. The third-order valence-corrected chi connectivity index (χ3v) is 8.84. The Bertz CT molecular complexity index is 2450. The van der Waals surface area contributed by atoms with E-state index in [2.05, 4.69) is 157 Å². The monoisotopic (exact) mass is 561 g/mol. The van der Waals surface area contributed by atoms with E-state index in [-0.39, 0.29) is 0 Å². The molecule has 0 fully saturated rings. The van der Waals surface area contributed by atoms with Crippen LogP contribution in [0.5, 0.6) is 0 Å². The zero-order valence-corrected chi connectivity index (χ0v) is 23.9. The minimum absolute atomic E-state index is 0.879. The van der Waals surface area contributed by atoms with Gasteiger partial charge in [-0.1, -0.05) is 127 Å². The topological polar surface area (TPSA) is 16.4 Å². The molecule has 9 aromatic rings. The molecule has 0 aliphatic carbocycles. The van der Waals surface area contributed by atoms with Crippen molar-refractivity contribution in [2.75, 3.05) is 4.90 Å². The maximum absolute atomic E-state index is 6.57. The van der Waals surface area contributed by atoms with Crippen LogP contribution in [0.3, 0.4) is 0 Å². The summed E-state index contributed by atoms with van der Waals surface area (Å²) in [4.78, 5) is 2.34. The van der Waals surface area contributed by atoms with Crippen LogP contribution in [0.15, 0.2) is 168 Å². The molecule has 2 nitrogen and oxygen atoms in total. The molecule has 0 aliphatic rings. The largest absolute Gasteiger partial charge is 0.454 e. The lowest BCUT2D eigenvalue weighted by molar-refractivity contribution is 0.669. The van der Waals surface area contributed by atoms with Crippen molar-refractivity contribution >= 4 is 71.3 Å². The van der Waals surface area contributed by atoms with E-state index in [4.69, 9.17) is 4.42 Å². The lowest BCUT2D eigenvalue weighted by atomic mass is 9.94. The molecule has 44 heavy (non-hydrogen) atoms. The van der Waals surface area contributed by atoms with Gasteiger partial charge in [0.2, 0.25) is 0 Å². The third-order valence-electron chi connectivity index (χ3n) is 8.84. The summed E-state index contributed by atoms with van der Waals surface area (Å²) in [7, 11) is 0. The summed E-state index contributed by atoms with van der Waals surface area (Å²) in [6.45, 7) is 0. The van der Waals surface area contributed by atoms with Crippen molar-refractivity contribution in [1.82, 2.24) is 0 Å². The lowest BCUT2D eigenvalue weighted by Crippen LogP contribution is -2.10. The molecule has 0 atom stereocenters. The van der Waals surface area contributed by atoms with Crippen LogP contribution in [0.25, 0.3) is 65.4 Å². The third kappa shape index (κ3) is 3.82. The van der Waals surface area contributed by atoms with E-state index in [9.17, 15) is 0 Å². The highest BCUT2D eigenvalue weighted by Gasteiger charge is 2.20. The summed E-state index contributed by atoms with van der Waals surface area (Å²) in [5.74, 6) is 0. The molecule has 2 heteroatoms. The fourth-order valence-electron chi connectivity index (χ4n) is 6.80. The quantitative estimate of drug-likeness (QED) is 0.199. The van der Waals surface area contributed by atoms with Crippen molar-refractivity contribution in [3.05, 3.63) is 164 Å². The van der Waals surface area contributed by atoms with Crippen molar-refractivity contribution in [3.63, 3.8) is 0 Å². The molecule has 1 heterocycles. The Hall–Kier alpha value is -5.86. The summed E-state index contributed by atoms with van der Waals surface area (Å²) >= 11 is 0. The molecule has 0 saturated heterocycles. The number of fused-ring (bicyclic) bond motifs is 9. The van der Waals surface area contributed by atoms with Crippen molar-refractivity contribution in [2.45, 2.75) is 0 Å². The van der Waals surface area contributed by atoms with Gasteiger partial charge < -0.3 is 9.32 Å². The van der Waals surface area contributed by atoms with Crippen molar-refractivity contribution in [1.29, 1.82) is 0 Å². The molecule has 1 aromatic heterocycles. The standard InChI is InChI=1S/C42H27NO/c1-2-11-28(12-3-1)29-21-23-30(24-22-29)43(40-19-10-18-38-37-17-8-9-20-41(37)44-42(38)40)31-25-26-36-34-15-5-4-13-32(34)33-14-6-7-16-35(33)39(36)27-31/h1-27H. The summed E-state index contributed by atoms with van der Waals surface area (Å²) in [6, 6.07) is 58.5. The molecule has 0 radical (unpaired) electrons. The molecule has 0 N–H and O–H groups in total. The Morgan fingerprint density at radius 2 is 0.864 bits per heavy atom. The second kappa shape index (κ2) is 9.86. The second-order valence-electron chi connectivity index (χ2n) is 11.3. The average Bonchev–Trinajstić information content (AvgIpc) is 3.49. The molecule has 0 spiro atoms. The van der Waals surface area contributed by atoms with E-state index in [1.807, 2.05) is 12.1 Å². The number of hydrogen-bond acceptors (Lipinski definition) is 2. The van der Waals surface area contributed by atoms with Crippen LogP contribution in [-0.2, 0) is 0 Å². The molecule has 0 bridgehead atoms. The average molecular weight is 562 g/mol. The summed E-state index contributed by atoms with van der Waals surface area (Å²) in [5.41, 5.74) is 7.33. The molecular formula is C42H27NO. The van der Waals surface area contributed by atoms with Crippen LogP contribution >= 0.6 is 0 Å². The van der Waals surface area contributed by atoms with E-state index in [1.165, 1.54) is 43.4 Å². The highest BCUT2D eigenvalue weighted by atomic mass is 16.3. The van der Waals surface area contributed by atoms with Gasteiger partial charge in [0, 0.05) is 22.1 Å². The Kier molecular flexibility index (Phi) is 5.54. The molecular weight excluding hydrogens is 534 g/mol. The van der Waals surface area contributed by atoms with E-state index in [0.717, 1.165) is 39.0 Å². The molecule has 8 aromatic carbocycles. The minimum atomic E-state index is 0.879. The maximum Gasteiger partial charge on any atom is 0.159 e. The second-order valence-corrected chi connectivity index (χ2v) is 11.3. The number of para-hydroxylation sites is 2. The summed E-state index contributed by atoms with van der Waals surface area (Å²) in [5, 5.41) is 9.80. The van der Waals surface area contributed by atoms with Crippen LogP contribution in [0, 0.1) is 0 Å². The Labute approximate surface area is 255 Å². The first-order valence-corrected chi connectivity index (χ1v) is 15.0. The van der Waals surface area contributed by atoms with Gasteiger partial charge in [0.1, 0.15) is 5.58 Å². The number of benzene rings is 8. The molecule has 0 aliphatic heterocycles. The lowest BCUT2D eigenvalue weighted by Gasteiger charge is -2.26. The van der Waals surface area contributed by atoms with Gasteiger partial charge in [-0.2, -0.15) is 0 Å². The molecule has 0 amide bonds. The van der Waals surface area contributed by atoms with Crippen LogP contribution in [0.2, 0.25) is 0 Å². The molecule has 206 valence electrons. The van der Waals surface area contributed by atoms with Gasteiger partial charge in [-0.15, -0.1) is 0 Å². The fraction of sp³-hybridized carbons (Fsp3) is 0. The van der Waals surface area contributed by atoms with Gasteiger partial charge in [0.05, 0.1) is 5.69 Å². The highest BCUT2D eigenvalue weighted by molar-refractivity contribution is 6.26. The van der Waals surface area contributed by atoms with E-state index >= 15 is 0 Å². The minimum Gasteiger partial charge on any atom is -0.454 e.